The second-order valence-electron chi connectivity index (χ2n) is 4.96. The molecule has 1 aliphatic rings. The Balaban J connectivity index is 2.12. The van der Waals surface area contributed by atoms with Crippen molar-refractivity contribution in [3.8, 4) is 0 Å². The van der Waals surface area contributed by atoms with Gasteiger partial charge in [0.2, 0.25) is 0 Å². The van der Waals surface area contributed by atoms with E-state index in [0.717, 1.165) is 25.2 Å². The Morgan fingerprint density at radius 1 is 1.32 bits per heavy atom. The van der Waals surface area contributed by atoms with Crippen LogP contribution in [-0.2, 0) is 14.4 Å². The normalized spacial score (nSPS) is 19.1. The van der Waals surface area contributed by atoms with E-state index in [0.29, 0.717) is 6.42 Å². The van der Waals surface area contributed by atoms with Crippen LogP contribution in [0.1, 0.15) is 24.8 Å². The first kappa shape index (κ1) is 14.4. The van der Waals surface area contributed by atoms with Crippen molar-refractivity contribution in [3.05, 3.63) is 35.9 Å². The van der Waals surface area contributed by atoms with Crippen LogP contribution in [0.15, 0.2) is 30.3 Å². The van der Waals surface area contributed by atoms with E-state index in [-0.39, 0.29) is 5.97 Å². The van der Waals surface area contributed by atoms with Gasteiger partial charge in [0.05, 0.1) is 7.11 Å². The second kappa shape index (κ2) is 6.40. The summed E-state index contributed by atoms with van der Waals surface area (Å²) in [4.78, 5) is 13.3. The Morgan fingerprint density at radius 3 is 2.53 bits per heavy atom. The maximum atomic E-state index is 12.1. The molecule has 0 aliphatic carbocycles. The molecule has 1 fully saturated rings. The average molecular weight is 282 g/mol. The molecule has 104 valence electrons. The molecule has 0 saturated carbocycles. The number of halogens is 1. The highest BCUT2D eigenvalue weighted by molar-refractivity contribution is 6.33. The fraction of sp³-hybridized carbons (Fsp3) is 0.533. The minimum atomic E-state index is -1.07. The van der Waals surface area contributed by atoms with Gasteiger partial charge in [-0.3, -0.25) is 0 Å². The van der Waals surface area contributed by atoms with Gasteiger partial charge in [-0.2, -0.15) is 0 Å². The monoisotopic (exact) mass is 281 g/mol. The number of hydrogen-bond acceptors (Lipinski definition) is 3. The van der Waals surface area contributed by atoms with Gasteiger partial charge < -0.3 is 9.64 Å². The Hall–Kier alpha value is -1.06. The average Bonchev–Trinajstić information content (AvgIpc) is 2.98. The predicted octanol–water partition coefficient (Wildman–Crippen LogP) is 2.78. The number of carbonyl (C=O) groups is 1. The van der Waals surface area contributed by atoms with Gasteiger partial charge in [0.15, 0.2) is 4.87 Å². The molecule has 4 heteroatoms. The zero-order valence-electron chi connectivity index (χ0n) is 11.3. The highest BCUT2D eigenvalue weighted by Crippen LogP contribution is 2.34. The van der Waals surface area contributed by atoms with Gasteiger partial charge in [0.1, 0.15) is 0 Å². The van der Waals surface area contributed by atoms with Gasteiger partial charge >= 0.3 is 5.97 Å². The molecule has 1 aromatic carbocycles. The van der Waals surface area contributed by atoms with E-state index >= 15 is 0 Å². The number of likely N-dealkylation sites (tertiary alicyclic amines) is 1. The largest absolute Gasteiger partial charge is 0.467 e. The molecule has 2 rings (SSSR count). The molecule has 0 amide bonds. The van der Waals surface area contributed by atoms with Crippen molar-refractivity contribution < 1.29 is 9.53 Å². The highest BCUT2D eigenvalue weighted by atomic mass is 35.5. The lowest BCUT2D eigenvalue weighted by molar-refractivity contribution is -0.144. The Bertz CT molecular complexity index is 417. The molecule has 0 aromatic heterocycles. The van der Waals surface area contributed by atoms with Crippen LogP contribution in [0.2, 0.25) is 0 Å². The minimum absolute atomic E-state index is 0.375. The standard InChI is InChI=1S/C15H20ClNO2/c1-19-14(18)15(16,13-7-3-2-4-8-13)9-12-17-10-5-6-11-17/h2-4,7-8H,5-6,9-12H2,1H3. The number of alkyl halides is 1. The summed E-state index contributed by atoms with van der Waals surface area (Å²) in [5.74, 6) is -0.375. The van der Waals surface area contributed by atoms with Gasteiger partial charge in [0, 0.05) is 6.54 Å². The fourth-order valence-electron chi connectivity index (χ4n) is 2.55. The molecule has 19 heavy (non-hydrogen) atoms. The first-order chi connectivity index (χ1) is 9.16. The van der Waals surface area contributed by atoms with Crippen molar-refractivity contribution in [1.29, 1.82) is 0 Å². The van der Waals surface area contributed by atoms with Crippen LogP contribution in [0, 0.1) is 0 Å². The summed E-state index contributed by atoms with van der Waals surface area (Å²) < 4.78 is 4.90. The summed E-state index contributed by atoms with van der Waals surface area (Å²) in [6.07, 6.45) is 3.04. The van der Waals surface area contributed by atoms with E-state index in [1.165, 1.54) is 20.0 Å². The van der Waals surface area contributed by atoms with E-state index in [9.17, 15) is 4.79 Å². The molecule has 1 saturated heterocycles. The van der Waals surface area contributed by atoms with Gasteiger partial charge in [-0.05, 0) is 37.9 Å². The van der Waals surface area contributed by atoms with Gasteiger partial charge in [0.25, 0.3) is 0 Å². The third kappa shape index (κ3) is 3.28. The van der Waals surface area contributed by atoms with Gasteiger partial charge in [-0.1, -0.05) is 30.3 Å². The summed E-state index contributed by atoms with van der Waals surface area (Å²) in [6.45, 7) is 3.03. The third-order valence-electron chi connectivity index (χ3n) is 3.71. The van der Waals surface area contributed by atoms with E-state index in [1.807, 2.05) is 30.3 Å². The molecule has 0 spiro atoms. The van der Waals surface area contributed by atoms with Crippen LogP contribution in [0.4, 0.5) is 0 Å². The number of rotatable bonds is 5. The van der Waals surface area contributed by atoms with Crippen LogP contribution in [0.25, 0.3) is 0 Å². The van der Waals surface area contributed by atoms with Crippen molar-refractivity contribution in [3.63, 3.8) is 0 Å². The van der Waals surface area contributed by atoms with Crippen molar-refractivity contribution in [1.82, 2.24) is 4.90 Å². The summed E-state index contributed by atoms with van der Waals surface area (Å²) in [7, 11) is 1.39. The van der Waals surface area contributed by atoms with E-state index < -0.39 is 4.87 Å². The number of benzene rings is 1. The van der Waals surface area contributed by atoms with Gasteiger partial charge in [-0.25, -0.2) is 4.79 Å². The van der Waals surface area contributed by atoms with Crippen LogP contribution in [0.5, 0.6) is 0 Å². The Labute approximate surface area is 119 Å². The van der Waals surface area contributed by atoms with E-state index in [2.05, 4.69) is 4.90 Å². The van der Waals surface area contributed by atoms with Crippen LogP contribution in [-0.4, -0.2) is 37.6 Å². The zero-order valence-corrected chi connectivity index (χ0v) is 12.0. The molecule has 0 radical (unpaired) electrons. The second-order valence-corrected chi connectivity index (χ2v) is 5.60. The summed E-state index contributed by atoms with van der Waals surface area (Å²) in [5, 5.41) is 0. The number of methoxy groups -OCH3 is 1. The van der Waals surface area contributed by atoms with Crippen molar-refractivity contribution in [2.75, 3.05) is 26.7 Å². The molecule has 1 atom stereocenters. The number of esters is 1. The zero-order chi connectivity index (χ0) is 13.7. The number of ether oxygens (including phenoxy) is 1. The molecular formula is C15H20ClNO2. The summed E-state index contributed by atoms with van der Waals surface area (Å²) in [6, 6.07) is 9.47. The number of nitrogens with zero attached hydrogens (tertiary/aromatic N) is 1. The lowest BCUT2D eigenvalue weighted by Gasteiger charge is -2.27. The highest BCUT2D eigenvalue weighted by Gasteiger charge is 2.39. The van der Waals surface area contributed by atoms with Crippen LogP contribution < -0.4 is 0 Å². The lowest BCUT2D eigenvalue weighted by atomic mass is 9.94. The molecule has 1 unspecified atom stereocenters. The first-order valence-electron chi connectivity index (χ1n) is 6.72. The smallest absolute Gasteiger partial charge is 0.331 e. The Morgan fingerprint density at radius 2 is 1.95 bits per heavy atom. The molecule has 3 nitrogen and oxygen atoms in total. The third-order valence-corrected chi connectivity index (χ3v) is 4.27. The van der Waals surface area contributed by atoms with Crippen LogP contribution >= 0.6 is 11.6 Å². The lowest BCUT2D eigenvalue weighted by Crippen LogP contribution is -2.35. The molecular weight excluding hydrogens is 262 g/mol. The summed E-state index contributed by atoms with van der Waals surface area (Å²) in [5.41, 5.74) is 0.808. The first-order valence-corrected chi connectivity index (χ1v) is 7.10. The van der Waals surface area contributed by atoms with Crippen LogP contribution in [0.3, 0.4) is 0 Å². The quantitative estimate of drug-likeness (QED) is 0.614. The molecule has 0 bridgehead atoms. The van der Waals surface area contributed by atoms with Crippen molar-refractivity contribution in [2.45, 2.75) is 24.1 Å². The fourth-order valence-corrected chi connectivity index (χ4v) is 2.83. The predicted molar refractivity (Wildman–Crippen MR) is 76.3 cm³/mol. The maximum Gasteiger partial charge on any atom is 0.331 e. The van der Waals surface area contributed by atoms with Crippen molar-refractivity contribution in [2.24, 2.45) is 0 Å². The number of carbonyl (C=O) groups excluding carboxylic acids is 1. The minimum Gasteiger partial charge on any atom is -0.467 e. The molecule has 0 N–H and O–H groups in total. The SMILES string of the molecule is COC(=O)C(Cl)(CCN1CCCC1)c1ccccc1. The summed E-state index contributed by atoms with van der Waals surface area (Å²) >= 11 is 6.59. The topological polar surface area (TPSA) is 29.5 Å². The van der Waals surface area contributed by atoms with Crippen molar-refractivity contribution >= 4 is 17.6 Å². The molecule has 1 aromatic rings. The number of hydrogen-bond donors (Lipinski definition) is 0. The molecule has 1 aliphatic heterocycles. The van der Waals surface area contributed by atoms with E-state index in [4.69, 9.17) is 16.3 Å². The Kier molecular flexibility index (Phi) is 4.83. The van der Waals surface area contributed by atoms with E-state index in [1.54, 1.807) is 0 Å². The maximum absolute atomic E-state index is 12.1. The molecule has 1 heterocycles. The van der Waals surface area contributed by atoms with Gasteiger partial charge in [-0.15, -0.1) is 11.6 Å².